The lowest BCUT2D eigenvalue weighted by Gasteiger charge is -2.05. The molecule has 1 amide bonds. The van der Waals surface area contributed by atoms with Gasteiger partial charge in [0, 0.05) is 39.5 Å². The van der Waals surface area contributed by atoms with E-state index in [-0.39, 0.29) is 18.3 Å². The molecule has 0 radical (unpaired) electrons. The van der Waals surface area contributed by atoms with E-state index in [1.54, 1.807) is 19.2 Å². The van der Waals surface area contributed by atoms with E-state index in [1.807, 2.05) is 0 Å². The number of carbonyl (C=O) groups excluding carboxylic acids is 2. The maximum atomic E-state index is 11.8. The largest absolute Gasteiger partial charge is 0.396 e. The Morgan fingerprint density at radius 3 is 2.75 bits per heavy atom. The first-order valence-corrected chi connectivity index (χ1v) is 6.56. The highest BCUT2D eigenvalue weighted by atomic mass is 16.5. The molecule has 0 bridgehead atoms. The summed E-state index contributed by atoms with van der Waals surface area (Å²) in [5, 5.41) is 11.3. The van der Waals surface area contributed by atoms with Crippen LogP contribution in [0.5, 0.6) is 0 Å². The van der Waals surface area contributed by atoms with Crippen molar-refractivity contribution in [2.24, 2.45) is 0 Å². The molecule has 0 fully saturated rings. The maximum Gasteiger partial charge on any atom is 0.252 e. The molecule has 1 rings (SSSR count). The van der Waals surface area contributed by atoms with Crippen LogP contribution in [0.1, 0.15) is 40.1 Å². The summed E-state index contributed by atoms with van der Waals surface area (Å²) < 4.78 is 4.88. The molecule has 2 N–H and O–H groups in total. The van der Waals surface area contributed by atoms with Gasteiger partial charge in [0.1, 0.15) is 5.69 Å². The Bertz CT molecular complexity index is 390. The number of aliphatic hydroxyl groups is 1. The predicted molar refractivity (Wildman–Crippen MR) is 73.7 cm³/mol. The number of amides is 1. The van der Waals surface area contributed by atoms with E-state index < -0.39 is 0 Å². The number of ether oxygens (including phenoxy) is 1. The Morgan fingerprint density at radius 1 is 1.35 bits per heavy atom. The third-order valence-corrected chi connectivity index (χ3v) is 2.68. The number of Topliss-reactive ketones (excluding diaryl/α,β-unsaturated/α-hetero) is 1. The minimum atomic E-state index is -0.260. The number of carbonyl (C=O) groups is 2. The number of methoxy groups -OCH3 is 1. The lowest BCUT2D eigenvalue weighted by molar-refractivity contribution is 0.0941. The number of hydrogen-bond donors (Lipinski definition) is 2. The number of pyridine rings is 1. The summed E-state index contributed by atoms with van der Waals surface area (Å²) in [4.78, 5) is 27.4. The Morgan fingerprint density at radius 2 is 2.15 bits per heavy atom. The summed E-state index contributed by atoms with van der Waals surface area (Å²) in [6, 6.07) is 3.13. The zero-order chi connectivity index (χ0) is 14.8. The van der Waals surface area contributed by atoms with Crippen molar-refractivity contribution in [3.63, 3.8) is 0 Å². The van der Waals surface area contributed by atoms with Crippen molar-refractivity contribution in [3.05, 3.63) is 29.6 Å². The molecule has 1 heterocycles. The van der Waals surface area contributed by atoms with Gasteiger partial charge >= 0.3 is 0 Å². The van der Waals surface area contributed by atoms with Gasteiger partial charge in [-0.25, -0.2) is 0 Å². The molecule has 0 saturated carbocycles. The molecule has 0 aliphatic carbocycles. The van der Waals surface area contributed by atoms with E-state index in [9.17, 15) is 9.59 Å². The van der Waals surface area contributed by atoms with Crippen LogP contribution in [0.3, 0.4) is 0 Å². The summed E-state index contributed by atoms with van der Waals surface area (Å²) in [5.74, 6) is -0.321. The first-order chi connectivity index (χ1) is 9.69. The Balaban J connectivity index is 2.50. The van der Waals surface area contributed by atoms with Crippen LogP contribution in [-0.2, 0) is 4.74 Å². The van der Waals surface area contributed by atoms with Crippen LogP contribution in [0.15, 0.2) is 18.3 Å². The molecule has 6 heteroatoms. The van der Waals surface area contributed by atoms with E-state index >= 15 is 0 Å². The number of rotatable bonds is 9. The monoisotopic (exact) mass is 280 g/mol. The van der Waals surface area contributed by atoms with E-state index in [0.29, 0.717) is 43.7 Å². The van der Waals surface area contributed by atoms with Crippen LogP contribution in [0.25, 0.3) is 0 Å². The quantitative estimate of drug-likeness (QED) is 0.516. The van der Waals surface area contributed by atoms with Gasteiger partial charge in [-0.05, 0) is 25.0 Å². The van der Waals surface area contributed by atoms with Crippen LogP contribution in [0.2, 0.25) is 0 Å². The van der Waals surface area contributed by atoms with Gasteiger partial charge in [0.05, 0.1) is 5.56 Å². The second-order valence-corrected chi connectivity index (χ2v) is 4.28. The van der Waals surface area contributed by atoms with Crippen molar-refractivity contribution in [1.82, 2.24) is 10.3 Å². The predicted octanol–water partition coefficient (Wildman–Crippen LogP) is 0.803. The second kappa shape index (κ2) is 9.17. The maximum absolute atomic E-state index is 11.8. The van der Waals surface area contributed by atoms with Gasteiger partial charge in [-0.2, -0.15) is 0 Å². The number of nitrogens with one attached hydrogen (secondary N) is 1. The van der Waals surface area contributed by atoms with E-state index in [4.69, 9.17) is 9.84 Å². The zero-order valence-corrected chi connectivity index (χ0v) is 11.6. The Hall–Kier alpha value is -1.79. The average molecular weight is 280 g/mol. The fourth-order valence-electron chi connectivity index (χ4n) is 1.58. The smallest absolute Gasteiger partial charge is 0.252 e. The summed E-state index contributed by atoms with van der Waals surface area (Å²) in [6.07, 6.45) is 2.93. The highest BCUT2D eigenvalue weighted by Crippen LogP contribution is 2.05. The van der Waals surface area contributed by atoms with E-state index in [1.165, 1.54) is 6.20 Å². The minimum absolute atomic E-state index is 0.0352. The topological polar surface area (TPSA) is 88.5 Å². The number of ketones is 1. The standard InChI is InChI=1S/C14H20N2O4/c1-20-9-2-4-13(18)12-6-5-11(10-16-12)14(19)15-7-3-8-17/h5-6,10,17H,2-4,7-9H2,1H3,(H,15,19). The molecule has 6 nitrogen and oxygen atoms in total. The zero-order valence-electron chi connectivity index (χ0n) is 11.6. The van der Waals surface area contributed by atoms with Crippen LogP contribution in [-0.4, -0.2) is 48.6 Å². The molecule has 0 aromatic carbocycles. The summed E-state index contributed by atoms with van der Waals surface area (Å²) >= 11 is 0. The average Bonchev–Trinajstić information content (AvgIpc) is 2.47. The number of aromatic nitrogens is 1. The molecule has 0 spiro atoms. The summed E-state index contributed by atoms with van der Waals surface area (Å²) in [7, 11) is 1.59. The number of aliphatic hydroxyl groups excluding tert-OH is 1. The summed E-state index contributed by atoms with van der Waals surface area (Å²) in [5.41, 5.74) is 0.754. The number of nitrogens with zero attached hydrogens (tertiary/aromatic N) is 1. The number of hydrogen-bond acceptors (Lipinski definition) is 5. The van der Waals surface area contributed by atoms with Crippen molar-refractivity contribution in [1.29, 1.82) is 0 Å². The molecule has 1 aromatic rings. The third-order valence-electron chi connectivity index (χ3n) is 2.68. The Kier molecular flexibility index (Phi) is 7.46. The van der Waals surface area contributed by atoms with Gasteiger partial charge in [-0.15, -0.1) is 0 Å². The molecule has 110 valence electrons. The van der Waals surface area contributed by atoms with Crippen LogP contribution in [0.4, 0.5) is 0 Å². The molecule has 0 aliphatic rings. The van der Waals surface area contributed by atoms with Gasteiger partial charge in [0.25, 0.3) is 5.91 Å². The molecule has 1 aromatic heterocycles. The van der Waals surface area contributed by atoms with Gasteiger partial charge in [0.2, 0.25) is 0 Å². The highest BCUT2D eigenvalue weighted by Gasteiger charge is 2.09. The molecule has 0 unspecified atom stereocenters. The normalized spacial score (nSPS) is 10.3. The van der Waals surface area contributed by atoms with Crippen molar-refractivity contribution in [3.8, 4) is 0 Å². The van der Waals surface area contributed by atoms with Crippen LogP contribution >= 0.6 is 0 Å². The lowest BCUT2D eigenvalue weighted by Crippen LogP contribution is -2.25. The fourth-order valence-corrected chi connectivity index (χ4v) is 1.58. The lowest BCUT2D eigenvalue weighted by atomic mass is 10.1. The van der Waals surface area contributed by atoms with Crippen molar-refractivity contribution in [2.75, 3.05) is 26.9 Å². The first kappa shape index (κ1) is 16.3. The molecule has 0 saturated heterocycles. The fraction of sp³-hybridized carbons (Fsp3) is 0.500. The van der Waals surface area contributed by atoms with Gasteiger partial charge in [-0.3, -0.25) is 14.6 Å². The Labute approximate surface area is 118 Å². The minimum Gasteiger partial charge on any atom is -0.396 e. The van der Waals surface area contributed by atoms with Crippen LogP contribution in [0, 0.1) is 0 Å². The van der Waals surface area contributed by atoms with Crippen molar-refractivity contribution < 1.29 is 19.4 Å². The van der Waals surface area contributed by atoms with Gasteiger partial charge < -0.3 is 15.2 Å². The van der Waals surface area contributed by atoms with E-state index in [2.05, 4.69) is 10.3 Å². The highest BCUT2D eigenvalue weighted by molar-refractivity contribution is 5.97. The third kappa shape index (κ3) is 5.46. The second-order valence-electron chi connectivity index (χ2n) is 4.28. The molecule has 0 atom stereocenters. The molecular formula is C14H20N2O4. The van der Waals surface area contributed by atoms with Crippen molar-refractivity contribution in [2.45, 2.75) is 19.3 Å². The van der Waals surface area contributed by atoms with Crippen LogP contribution < -0.4 is 5.32 Å². The first-order valence-electron chi connectivity index (χ1n) is 6.56. The molecule has 20 heavy (non-hydrogen) atoms. The molecular weight excluding hydrogens is 260 g/mol. The molecule has 0 aliphatic heterocycles. The van der Waals surface area contributed by atoms with Gasteiger partial charge in [0.15, 0.2) is 5.78 Å². The van der Waals surface area contributed by atoms with Gasteiger partial charge in [-0.1, -0.05) is 0 Å². The van der Waals surface area contributed by atoms with Crippen molar-refractivity contribution >= 4 is 11.7 Å². The van der Waals surface area contributed by atoms with E-state index in [0.717, 1.165) is 0 Å². The summed E-state index contributed by atoms with van der Waals surface area (Å²) in [6.45, 7) is 0.984. The SMILES string of the molecule is COCCCC(=O)c1ccc(C(=O)NCCCO)cn1.